The number of ether oxygens (including phenoxy) is 1. The van der Waals surface area contributed by atoms with Crippen LogP contribution < -0.4 is 0 Å². The largest absolute Gasteiger partial charge is 0.368 e. The summed E-state index contributed by atoms with van der Waals surface area (Å²) in [5, 5.41) is 0.325. The molecule has 1 heterocycles. The van der Waals surface area contributed by atoms with Crippen LogP contribution in [0.3, 0.4) is 0 Å². The number of benzene rings is 1. The highest BCUT2D eigenvalue weighted by Crippen LogP contribution is 2.43. The van der Waals surface area contributed by atoms with Crippen molar-refractivity contribution < 1.29 is 9.13 Å². The van der Waals surface area contributed by atoms with Crippen molar-refractivity contribution >= 4 is 11.6 Å². The Kier molecular flexibility index (Phi) is 7.56. The van der Waals surface area contributed by atoms with Crippen molar-refractivity contribution in [2.75, 3.05) is 6.61 Å². The van der Waals surface area contributed by atoms with Crippen LogP contribution in [0.5, 0.6) is 0 Å². The summed E-state index contributed by atoms with van der Waals surface area (Å²) in [7, 11) is 0. The van der Waals surface area contributed by atoms with Gasteiger partial charge in [-0.25, -0.2) is 4.39 Å². The molecule has 0 radical (unpaired) electrons. The average Bonchev–Trinajstić information content (AvgIpc) is 3.59. The Bertz CT molecular complexity index is 655. The van der Waals surface area contributed by atoms with E-state index in [0.29, 0.717) is 17.2 Å². The molecule has 1 unspecified atom stereocenters. The third-order valence-electron chi connectivity index (χ3n) is 8.11. The van der Waals surface area contributed by atoms with Crippen LogP contribution in [0.4, 0.5) is 4.39 Å². The fourth-order valence-electron chi connectivity index (χ4n) is 6.02. The first-order valence-corrected chi connectivity index (χ1v) is 12.6. The lowest BCUT2D eigenvalue weighted by molar-refractivity contribution is 0.140. The molecule has 4 rings (SSSR count). The van der Waals surface area contributed by atoms with Gasteiger partial charge in [0.1, 0.15) is 11.9 Å². The molecule has 1 saturated heterocycles. The standard InChI is InChI=1S/C26H38ClFO/c1-2-3-4-18-5-10-20(11-6-18)21-12-7-19(8-13-21)9-14-22-15-16-23(24-17-29-24)26(28)25(22)27/h15-16,18-21,24H,2-14,17H2,1H3. The zero-order chi connectivity index (χ0) is 20.2. The molecule has 0 amide bonds. The molecular formula is C26H38ClFO. The van der Waals surface area contributed by atoms with E-state index < -0.39 is 0 Å². The maximum Gasteiger partial charge on any atom is 0.147 e. The second-order valence-corrected chi connectivity index (χ2v) is 10.4. The molecule has 0 bridgehead atoms. The van der Waals surface area contributed by atoms with Gasteiger partial charge in [-0.3, -0.25) is 0 Å². The van der Waals surface area contributed by atoms with E-state index in [4.69, 9.17) is 16.3 Å². The molecule has 3 heteroatoms. The molecule has 3 fully saturated rings. The average molecular weight is 421 g/mol. The summed E-state index contributed by atoms with van der Waals surface area (Å²) in [5.41, 5.74) is 1.60. The first kappa shape index (κ1) is 21.6. The predicted molar refractivity (Wildman–Crippen MR) is 119 cm³/mol. The van der Waals surface area contributed by atoms with Crippen LogP contribution in [-0.2, 0) is 11.2 Å². The molecule has 1 nitrogen and oxygen atoms in total. The van der Waals surface area contributed by atoms with Gasteiger partial charge in [-0.2, -0.15) is 0 Å². The van der Waals surface area contributed by atoms with Crippen LogP contribution in [0, 0.1) is 29.5 Å². The van der Waals surface area contributed by atoms with Crippen molar-refractivity contribution in [3.05, 3.63) is 34.1 Å². The van der Waals surface area contributed by atoms with Crippen LogP contribution >= 0.6 is 11.6 Å². The Hall–Kier alpha value is -0.600. The summed E-state index contributed by atoms with van der Waals surface area (Å²) in [5.74, 6) is 3.51. The van der Waals surface area contributed by atoms with E-state index in [1.807, 2.05) is 12.1 Å². The molecule has 0 N–H and O–H groups in total. The molecule has 1 atom stereocenters. The van der Waals surface area contributed by atoms with Gasteiger partial charge in [-0.1, -0.05) is 75.6 Å². The van der Waals surface area contributed by atoms with Gasteiger partial charge in [0.05, 0.1) is 11.6 Å². The van der Waals surface area contributed by atoms with Crippen molar-refractivity contribution in [3.63, 3.8) is 0 Å². The number of epoxide rings is 1. The number of rotatable bonds is 8. The minimum Gasteiger partial charge on any atom is -0.368 e. The van der Waals surface area contributed by atoms with E-state index in [1.165, 1.54) is 70.6 Å². The zero-order valence-electron chi connectivity index (χ0n) is 18.1. The summed E-state index contributed by atoms with van der Waals surface area (Å²) in [6, 6.07) is 3.90. The van der Waals surface area contributed by atoms with E-state index in [1.54, 1.807) is 0 Å². The monoisotopic (exact) mass is 420 g/mol. The van der Waals surface area contributed by atoms with E-state index in [2.05, 4.69) is 6.92 Å². The summed E-state index contributed by atoms with van der Waals surface area (Å²) in [6.45, 7) is 2.93. The number of halogens is 2. The third-order valence-corrected chi connectivity index (χ3v) is 8.52. The smallest absolute Gasteiger partial charge is 0.147 e. The second kappa shape index (κ2) is 10.1. The number of unbranched alkanes of at least 4 members (excludes halogenated alkanes) is 1. The lowest BCUT2D eigenvalue weighted by Crippen LogP contribution is -2.26. The fourth-order valence-corrected chi connectivity index (χ4v) is 6.29. The van der Waals surface area contributed by atoms with Crippen molar-refractivity contribution in [3.8, 4) is 0 Å². The SMILES string of the molecule is CCCCC1CCC(C2CCC(CCc3ccc(C4CO4)c(F)c3Cl)CC2)CC1. The van der Waals surface area contributed by atoms with Crippen LogP contribution in [0.1, 0.15) is 101 Å². The Labute approximate surface area is 181 Å². The molecule has 29 heavy (non-hydrogen) atoms. The summed E-state index contributed by atoms with van der Waals surface area (Å²) in [6.07, 6.45) is 17.7. The molecule has 3 aliphatic rings. The third kappa shape index (κ3) is 5.56. The molecule has 2 aliphatic carbocycles. The Morgan fingerprint density at radius 2 is 1.52 bits per heavy atom. The van der Waals surface area contributed by atoms with Gasteiger partial charge in [-0.15, -0.1) is 0 Å². The molecular weight excluding hydrogens is 383 g/mol. The van der Waals surface area contributed by atoms with Gasteiger partial charge in [0.15, 0.2) is 0 Å². The van der Waals surface area contributed by atoms with E-state index in [-0.39, 0.29) is 11.9 Å². The minimum atomic E-state index is -0.259. The highest BCUT2D eigenvalue weighted by Gasteiger charge is 2.31. The number of aryl methyl sites for hydroxylation is 1. The highest BCUT2D eigenvalue weighted by atomic mass is 35.5. The lowest BCUT2D eigenvalue weighted by atomic mass is 9.68. The normalized spacial score (nSPS) is 32.3. The molecule has 0 spiro atoms. The van der Waals surface area contributed by atoms with Crippen molar-refractivity contribution in [2.24, 2.45) is 23.7 Å². The zero-order valence-corrected chi connectivity index (χ0v) is 18.9. The van der Waals surface area contributed by atoms with Crippen molar-refractivity contribution in [1.29, 1.82) is 0 Å². The molecule has 0 aromatic heterocycles. The topological polar surface area (TPSA) is 12.5 Å². The highest BCUT2D eigenvalue weighted by molar-refractivity contribution is 6.31. The second-order valence-electron chi connectivity index (χ2n) is 10.0. The minimum absolute atomic E-state index is 0.0708. The van der Waals surface area contributed by atoms with Crippen molar-refractivity contribution in [2.45, 2.75) is 96.5 Å². The molecule has 1 aliphatic heterocycles. The first-order valence-electron chi connectivity index (χ1n) is 12.2. The number of hydrogen-bond acceptors (Lipinski definition) is 1. The maximum atomic E-state index is 14.5. The number of hydrogen-bond donors (Lipinski definition) is 0. The molecule has 1 aromatic rings. The van der Waals surface area contributed by atoms with Gasteiger partial charge in [-0.05, 0) is 67.8 Å². The van der Waals surface area contributed by atoms with Gasteiger partial charge < -0.3 is 4.74 Å². The van der Waals surface area contributed by atoms with Gasteiger partial charge in [0, 0.05) is 5.56 Å². The molecule has 2 saturated carbocycles. The van der Waals surface area contributed by atoms with Crippen molar-refractivity contribution in [1.82, 2.24) is 0 Å². The quantitative estimate of drug-likeness (QED) is 0.385. The van der Waals surface area contributed by atoms with Crippen LogP contribution in [0.25, 0.3) is 0 Å². The predicted octanol–water partition coefficient (Wildman–Crippen LogP) is 8.29. The van der Waals surface area contributed by atoms with E-state index in [0.717, 1.165) is 42.1 Å². The Morgan fingerprint density at radius 1 is 0.931 bits per heavy atom. The summed E-state index contributed by atoms with van der Waals surface area (Å²) in [4.78, 5) is 0. The molecule has 162 valence electrons. The maximum absolute atomic E-state index is 14.5. The van der Waals surface area contributed by atoms with Crippen LogP contribution in [-0.4, -0.2) is 6.61 Å². The van der Waals surface area contributed by atoms with E-state index in [9.17, 15) is 4.39 Å². The van der Waals surface area contributed by atoms with Gasteiger partial charge >= 0.3 is 0 Å². The van der Waals surface area contributed by atoms with E-state index >= 15 is 0 Å². The summed E-state index contributed by atoms with van der Waals surface area (Å²) >= 11 is 6.33. The lowest BCUT2D eigenvalue weighted by Gasteiger charge is -2.38. The fraction of sp³-hybridized carbons (Fsp3) is 0.769. The first-order chi connectivity index (χ1) is 14.2. The van der Waals surface area contributed by atoms with Crippen LogP contribution in [0.15, 0.2) is 12.1 Å². The van der Waals surface area contributed by atoms with Gasteiger partial charge in [0.25, 0.3) is 0 Å². The summed E-state index contributed by atoms with van der Waals surface area (Å²) < 4.78 is 19.7. The van der Waals surface area contributed by atoms with Gasteiger partial charge in [0.2, 0.25) is 0 Å². The Balaban J connectivity index is 1.19. The Morgan fingerprint density at radius 3 is 2.07 bits per heavy atom. The van der Waals surface area contributed by atoms with Crippen LogP contribution in [0.2, 0.25) is 5.02 Å². The molecule has 1 aromatic carbocycles.